The summed E-state index contributed by atoms with van der Waals surface area (Å²) in [4.78, 5) is 26.2. The Labute approximate surface area is 120 Å². The van der Waals surface area contributed by atoms with Crippen LogP contribution < -0.4 is 0 Å². The molecule has 2 aliphatic heterocycles. The molecule has 1 saturated heterocycles. The lowest BCUT2D eigenvalue weighted by Gasteiger charge is -2.40. The zero-order valence-corrected chi connectivity index (χ0v) is 12.6. The van der Waals surface area contributed by atoms with E-state index in [1.54, 1.807) is 6.92 Å². The van der Waals surface area contributed by atoms with Gasteiger partial charge in [-0.05, 0) is 44.4 Å². The topological polar surface area (TPSA) is 46.6 Å². The van der Waals surface area contributed by atoms with Gasteiger partial charge in [-0.2, -0.15) is 0 Å². The number of carbonyl (C=O) groups is 2. The van der Waals surface area contributed by atoms with Crippen molar-refractivity contribution in [3.63, 3.8) is 0 Å². The molecule has 1 saturated carbocycles. The fourth-order valence-corrected chi connectivity index (χ4v) is 3.70. The molecule has 0 unspecified atom stereocenters. The molecule has 3 rings (SSSR count). The van der Waals surface area contributed by atoms with Gasteiger partial charge < -0.3 is 9.64 Å². The van der Waals surface area contributed by atoms with Gasteiger partial charge in [-0.1, -0.05) is 13.8 Å². The van der Waals surface area contributed by atoms with Crippen molar-refractivity contribution in [2.75, 3.05) is 13.2 Å². The van der Waals surface area contributed by atoms with Gasteiger partial charge in [-0.3, -0.25) is 4.79 Å². The lowest BCUT2D eigenvalue weighted by atomic mass is 9.64. The van der Waals surface area contributed by atoms with Crippen LogP contribution in [0.5, 0.6) is 0 Å². The summed E-state index contributed by atoms with van der Waals surface area (Å²) in [5.41, 5.74) is 1.59. The van der Waals surface area contributed by atoms with Crippen LogP contribution in [0.25, 0.3) is 0 Å². The Kier molecular flexibility index (Phi) is 2.96. The predicted octanol–water partition coefficient (Wildman–Crippen LogP) is 2.64. The standard InChI is InChI=1S/C16H23NO3/c1-11-12(10-20-13(11)18)17-9-8-16(14(17)19)6-4-15(2,3)5-7-16/h4-10H2,1-3H3. The highest BCUT2D eigenvalue weighted by Gasteiger charge is 2.51. The van der Waals surface area contributed by atoms with Crippen LogP contribution in [0.15, 0.2) is 11.3 Å². The molecule has 20 heavy (non-hydrogen) atoms. The zero-order valence-electron chi connectivity index (χ0n) is 12.6. The molecule has 110 valence electrons. The van der Waals surface area contributed by atoms with E-state index in [0.29, 0.717) is 11.0 Å². The maximum Gasteiger partial charge on any atom is 0.336 e. The molecule has 3 aliphatic rings. The number of carbonyl (C=O) groups excluding carboxylic acids is 2. The molecule has 2 fully saturated rings. The van der Waals surface area contributed by atoms with Crippen LogP contribution in [0, 0.1) is 10.8 Å². The van der Waals surface area contributed by atoms with Crippen molar-refractivity contribution in [2.24, 2.45) is 10.8 Å². The van der Waals surface area contributed by atoms with Gasteiger partial charge in [0.25, 0.3) is 0 Å². The lowest BCUT2D eigenvalue weighted by molar-refractivity contribution is -0.138. The second-order valence-corrected chi connectivity index (χ2v) is 7.30. The van der Waals surface area contributed by atoms with E-state index >= 15 is 0 Å². The molecule has 0 bridgehead atoms. The Morgan fingerprint density at radius 2 is 1.70 bits per heavy atom. The largest absolute Gasteiger partial charge is 0.456 e. The summed E-state index contributed by atoms with van der Waals surface area (Å²) in [5.74, 6) is -0.0563. The highest BCUT2D eigenvalue weighted by Crippen LogP contribution is 2.51. The first-order valence-electron chi connectivity index (χ1n) is 7.54. The molecule has 1 spiro atoms. The number of nitrogens with zero attached hydrogens (tertiary/aromatic N) is 1. The highest BCUT2D eigenvalue weighted by atomic mass is 16.5. The Morgan fingerprint density at radius 3 is 2.25 bits per heavy atom. The van der Waals surface area contributed by atoms with E-state index in [0.717, 1.165) is 44.3 Å². The Balaban J connectivity index is 1.80. The van der Waals surface area contributed by atoms with E-state index in [4.69, 9.17) is 4.74 Å². The highest BCUT2D eigenvalue weighted by molar-refractivity contribution is 5.94. The number of amides is 1. The average molecular weight is 277 g/mol. The molecule has 0 N–H and O–H groups in total. The molecule has 1 aliphatic carbocycles. The van der Waals surface area contributed by atoms with E-state index in [1.165, 1.54) is 0 Å². The van der Waals surface area contributed by atoms with Crippen molar-refractivity contribution in [2.45, 2.75) is 52.9 Å². The molecule has 4 nitrogen and oxygen atoms in total. The number of ether oxygens (including phenoxy) is 1. The van der Waals surface area contributed by atoms with Crippen LogP contribution in [-0.4, -0.2) is 29.9 Å². The van der Waals surface area contributed by atoms with E-state index < -0.39 is 0 Å². The van der Waals surface area contributed by atoms with Crippen molar-refractivity contribution in [3.8, 4) is 0 Å². The molecule has 1 amide bonds. The summed E-state index contributed by atoms with van der Waals surface area (Å²) in [5, 5.41) is 0. The van der Waals surface area contributed by atoms with Crippen LogP contribution in [0.2, 0.25) is 0 Å². The smallest absolute Gasteiger partial charge is 0.336 e. The van der Waals surface area contributed by atoms with Crippen LogP contribution in [0.3, 0.4) is 0 Å². The summed E-state index contributed by atoms with van der Waals surface area (Å²) in [7, 11) is 0. The Morgan fingerprint density at radius 1 is 1.05 bits per heavy atom. The van der Waals surface area contributed by atoms with Crippen molar-refractivity contribution in [1.29, 1.82) is 0 Å². The monoisotopic (exact) mass is 277 g/mol. The molecular formula is C16H23NO3. The minimum atomic E-state index is -0.279. The van der Waals surface area contributed by atoms with Gasteiger partial charge in [0.15, 0.2) is 0 Å². The molecule has 0 atom stereocenters. The number of esters is 1. The van der Waals surface area contributed by atoms with Gasteiger partial charge >= 0.3 is 5.97 Å². The Hall–Kier alpha value is -1.32. The summed E-state index contributed by atoms with van der Waals surface area (Å²) in [6.07, 6.45) is 5.11. The van der Waals surface area contributed by atoms with Crippen LogP contribution in [-0.2, 0) is 14.3 Å². The minimum Gasteiger partial charge on any atom is -0.456 e. The van der Waals surface area contributed by atoms with Crippen molar-refractivity contribution >= 4 is 11.9 Å². The van der Waals surface area contributed by atoms with Crippen molar-refractivity contribution in [1.82, 2.24) is 4.90 Å². The molecule has 4 heteroatoms. The van der Waals surface area contributed by atoms with Gasteiger partial charge in [0.2, 0.25) is 5.91 Å². The molecule has 0 radical (unpaired) electrons. The second kappa shape index (κ2) is 4.34. The van der Waals surface area contributed by atoms with E-state index in [1.807, 2.05) is 4.90 Å². The van der Waals surface area contributed by atoms with Crippen molar-refractivity contribution in [3.05, 3.63) is 11.3 Å². The third kappa shape index (κ3) is 1.97. The molecule has 0 aromatic carbocycles. The second-order valence-electron chi connectivity index (χ2n) is 7.30. The fraction of sp³-hybridized carbons (Fsp3) is 0.750. The maximum absolute atomic E-state index is 12.9. The number of hydrogen-bond donors (Lipinski definition) is 0. The van der Waals surface area contributed by atoms with Gasteiger partial charge in [0.1, 0.15) is 6.61 Å². The third-order valence-electron chi connectivity index (χ3n) is 5.48. The maximum atomic E-state index is 12.9. The third-order valence-corrected chi connectivity index (χ3v) is 5.48. The lowest BCUT2D eigenvalue weighted by Crippen LogP contribution is -2.39. The van der Waals surface area contributed by atoms with Gasteiger partial charge in [-0.25, -0.2) is 4.79 Å². The SMILES string of the molecule is CC1=C(N2CCC3(CCC(C)(C)CC3)C2=O)COC1=O. The summed E-state index contributed by atoms with van der Waals surface area (Å²) >= 11 is 0. The minimum absolute atomic E-state index is 0.172. The summed E-state index contributed by atoms with van der Waals surface area (Å²) in [6, 6.07) is 0. The summed E-state index contributed by atoms with van der Waals surface area (Å²) in [6.45, 7) is 7.33. The van der Waals surface area contributed by atoms with Crippen LogP contribution in [0.4, 0.5) is 0 Å². The Bertz CT molecular complexity index is 494. The quantitative estimate of drug-likeness (QED) is 0.692. The van der Waals surface area contributed by atoms with Gasteiger partial charge in [0, 0.05) is 6.54 Å². The van der Waals surface area contributed by atoms with Crippen LogP contribution in [0.1, 0.15) is 52.9 Å². The normalized spacial score (nSPS) is 28.4. The predicted molar refractivity (Wildman–Crippen MR) is 74.7 cm³/mol. The van der Waals surface area contributed by atoms with E-state index in [9.17, 15) is 9.59 Å². The first-order valence-corrected chi connectivity index (χ1v) is 7.54. The number of rotatable bonds is 1. The summed E-state index contributed by atoms with van der Waals surface area (Å²) < 4.78 is 5.04. The number of likely N-dealkylation sites (tertiary alicyclic amines) is 1. The zero-order chi connectivity index (χ0) is 14.5. The van der Waals surface area contributed by atoms with Gasteiger partial charge in [-0.15, -0.1) is 0 Å². The van der Waals surface area contributed by atoms with E-state index in [2.05, 4.69) is 13.8 Å². The first kappa shape index (κ1) is 13.7. The van der Waals surface area contributed by atoms with Crippen LogP contribution >= 0.6 is 0 Å². The number of cyclic esters (lactones) is 1. The average Bonchev–Trinajstić information content (AvgIpc) is 2.88. The molecule has 0 aromatic heterocycles. The van der Waals surface area contributed by atoms with E-state index in [-0.39, 0.29) is 23.9 Å². The van der Waals surface area contributed by atoms with Crippen molar-refractivity contribution < 1.29 is 14.3 Å². The number of hydrogen-bond acceptors (Lipinski definition) is 3. The first-order chi connectivity index (χ1) is 9.35. The molecule has 2 heterocycles. The van der Waals surface area contributed by atoms with Gasteiger partial charge in [0.05, 0.1) is 16.7 Å². The molecule has 0 aromatic rings. The molecular weight excluding hydrogens is 254 g/mol. The fourth-order valence-electron chi connectivity index (χ4n) is 3.70.